The molecule has 1 saturated heterocycles. The molecule has 5 nitrogen and oxygen atoms in total. The maximum Gasteiger partial charge on any atom is 0.140 e. The van der Waals surface area contributed by atoms with Gasteiger partial charge in [-0.05, 0) is 13.3 Å². The fraction of sp³-hybridized carbons (Fsp3) is 0.600. The average molecular weight is 206 g/mol. The van der Waals surface area contributed by atoms with E-state index in [0.717, 1.165) is 26.2 Å². The van der Waals surface area contributed by atoms with Crippen LogP contribution in [0.4, 0.5) is 5.82 Å². The van der Waals surface area contributed by atoms with Crippen molar-refractivity contribution in [3.05, 3.63) is 11.3 Å². The lowest BCUT2D eigenvalue weighted by Gasteiger charge is -2.08. The predicted molar refractivity (Wildman–Crippen MR) is 55.0 cm³/mol. The Labute approximate surface area is 88.4 Å². The zero-order valence-corrected chi connectivity index (χ0v) is 8.73. The standard InChI is InChI=1S/C10H14N4O/c1-7-9(4-11)10(12)14(13-7)5-8-2-3-15-6-8/h8H,2-3,5-6,12H2,1H3/t8-/m1/s1. The van der Waals surface area contributed by atoms with E-state index in [2.05, 4.69) is 11.2 Å². The summed E-state index contributed by atoms with van der Waals surface area (Å²) in [5.74, 6) is 0.944. The lowest BCUT2D eigenvalue weighted by molar-refractivity contribution is 0.181. The number of hydrogen-bond donors (Lipinski definition) is 1. The number of nitriles is 1. The molecule has 5 heteroatoms. The molecule has 0 unspecified atom stereocenters. The lowest BCUT2D eigenvalue weighted by Crippen LogP contribution is -2.14. The molecule has 1 fully saturated rings. The van der Waals surface area contributed by atoms with Crippen molar-refractivity contribution in [3.8, 4) is 6.07 Å². The topological polar surface area (TPSA) is 76.9 Å². The van der Waals surface area contributed by atoms with Crippen LogP contribution in [-0.4, -0.2) is 23.0 Å². The molecule has 1 aromatic rings. The van der Waals surface area contributed by atoms with Crippen LogP contribution in [0.5, 0.6) is 0 Å². The van der Waals surface area contributed by atoms with Gasteiger partial charge in [-0.25, -0.2) is 4.68 Å². The van der Waals surface area contributed by atoms with Crippen LogP contribution >= 0.6 is 0 Å². The molecule has 0 saturated carbocycles. The minimum absolute atomic E-state index is 0.471. The molecule has 0 bridgehead atoms. The van der Waals surface area contributed by atoms with Gasteiger partial charge in [0.15, 0.2) is 0 Å². The van der Waals surface area contributed by atoms with Crippen molar-refractivity contribution in [1.29, 1.82) is 5.26 Å². The Balaban J connectivity index is 2.18. The second-order valence-corrected chi connectivity index (χ2v) is 3.87. The molecule has 0 radical (unpaired) electrons. The van der Waals surface area contributed by atoms with Crippen molar-refractivity contribution in [3.63, 3.8) is 0 Å². The van der Waals surface area contributed by atoms with Crippen LogP contribution in [-0.2, 0) is 11.3 Å². The van der Waals surface area contributed by atoms with Crippen LogP contribution in [0.2, 0.25) is 0 Å². The molecule has 15 heavy (non-hydrogen) atoms. The number of ether oxygens (including phenoxy) is 1. The van der Waals surface area contributed by atoms with E-state index in [0.29, 0.717) is 23.0 Å². The van der Waals surface area contributed by atoms with Crippen molar-refractivity contribution in [1.82, 2.24) is 9.78 Å². The van der Waals surface area contributed by atoms with Crippen molar-refractivity contribution >= 4 is 5.82 Å². The number of nitrogen functional groups attached to an aromatic ring is 1. The first-order valence-corrected chi connectivity index (χ1v) is 5.03. The number of aromatic nitrogens is 2. The Morgan fingerprint density at radius 3 is 3.07 bits per heavy atom. The summed E-state index contributed by atoms with van der Waals surface area (Å²) >= 11 is 0. The zero-order chi connectivity index (χ0) is 10.8. The fourth-order valence-corrected chi connectivity index (χ4v) is 1.85. The highest BCUT2D eigenvalue weighted by Crippen LogP contribution is 2.20. The molecule has 1 aromatic heterocycles. The number of hydrogen-bond acceptors (Lipinski definition) is 4. The van der Waals surface area contributed by atoms with E-state index in [1.165, 1.54) is 0 Å². The molecule has 2 N–H and O–H groups in total. The van der Waals surface area contributed by atoms with Gasteiger partial charge in [-0.2, -0.15) is 10.4 Å². The van der Waals surface area contributed by atoms with E-state index in [1.54, 1.807) is 11.6 Å². The predicted octanol–water partition coefficient (Wildman–Crippen LogP) is 0.682. The van der Waals surface area contributed by atoms with Gasteiger partial charge in [-0.1, -0.05) is 0 Å². The molecule has 0 aromatic carbocycles. The second kappa shape index (κ2) is 3.91. The molecule has 0 spiro atoms. The summed E-state index contributed by atoms with van der Waals surface area (Å²) in [6.07, 6.45) is 1.04. The van der Waals surface area contributed by atoms with Gasteiger partial charge in [0.1, 0.15) is 17.5 Å². The summed E-state index contributed by atoms with van der Waals surface area (Å²) in [7, 11) is 0. The summed E-state index contributed by atoms with van der Waals surface area (Å²) < 4.78 is 7.00. The average Bonchev–Trinajstić information content (AvgIpc) is 2.78. The summed E-state index contributed by atoms with van der Waals surface area (Å²) in [5, 5.41) is 13.1. The van der Waals surface area contributed by atoms with Crippen molar-refractivity contribution in [2.24, 2.45) is 5.92 Å². The van der Waals surface area contributed by atoms with Crippen LogP contribution in [0.25, 0.3) is 0 Å². The summed E-state index contributed by atoms with van der Waals surface area (Å²) in [4.78, 5) is 0. The molecule has 0 amide bonds. The monoisotopic (exact) mass is 206 g/mol. The van der Waals surface area contributed by atoms with E-state index < -0.39 is 0 Å². The molecular formula is C10H14N4O. The minimum Gasteiger partial charge on any atom is -0.383 e. The van der Waals surface area contributed by atoms with Gasteiger partial charge < -0.3 is 10.5 Å². The van der Waals surface area contributed by atoms with Crippen molar-refractivity contribution in [2.45, 2.75) is 19.9 Å². The van der Waals surface area contributed by atoms with Gasteiger partial charge in [0.05, 0.1) is 12.3 Å². The maximum absolute atomic E-state index is 8.87. The number of anilines is 1. The molecular weight excluding hydrogens is 192 g/mol. The van der Waals surface area contributed by atoms with E-state index >= 15 is 0 Å². The SMILES string of the molecule is Cc1nn(C[C@H]2CCOC2)c(N)c1C#N. The van der Waals surface area contributed by atoms with Crippen LogP contribution in [0.1, 0.15) is 17.7 Å². The van der Waals surface area contributed by atoms with E-state index in [1.807, 2.05) is 0 Å². The van der Waals surface area contributed by atoms with E-state index in [-0.39, 0.29) is 0 Å². The van der Waals surface area contributed by atoms with Gasteiger partial charge >= 0.3 is 0 Å². The summed E-state index contributed by atoms with van der Waals surface area (Å²) in [6.45, 7) is 4.13. The molecule has 1 atom stereocenters. The highest BCUT2D eigenvalue weighted by Gasteiger charge is 2.19. The zero-order valence-electron chi connectivity index (χ0n) is 8.73. The van der Waals surface area contributed by atoms with E-state index in [9.17, 15) is 0 Å². The first-order valence-electron chi connectivity index (χ1n) is 5.03. The molecule has 2 rings (SSSR count). The quantitative estimate of drug-likeness (QED) is 0.772. The number of nitrogens with two attached hydrogens (primary N) is 1. The Hall–Kier alpha value is -1.54. The molecule has 1 aliphatic heterocycles. The molecule has 1 aliphatic rings. The van der Waals surface area contributed by atoms with Gasteiger partial charge in [0, 0.05) is 19.1 Å². The third-order valence-corrected chi connectivity index (χ3v) is 2.73. The Kier molecular flexibility index (Phi) is 2.60. The van der Waals surface area contributed by atoms with Gasteiger partial charge in [-0.15, -0.1) is 0 Å². The minimum atomic E-state index is 0.471. The van der Waals surface area contributed by atoms with Crippen molar-refractivity contribution in [2.75, 3.05) is 18.9 Å². The first-order chi connectivity index (χ1) is 7.22. The largest absolute Gasteiger partial charge is 0.383 e. The highest BCUT2D eigenvalue weighted by atomic mass is 16.5. The summed E-state index contributed by atoms with van der Waals surface area (Å²) in [5.41, 5.74) is 7.03. The number of aryl methyl sites for hydroxylation is 1. The first kappa shape index (κ1) is 9.99. The third kappa shape index (κ3) is 1.81. The normalized spacial score (nSPS) is 20.4. The van der Waals surface area contributed by atoms with Gasteiger partial charge in [-0.3, -0.25) is 0 Å². The van der Waals surface area contributed by atoms with Crippen LogP contribution in [0, 0.1) is 24.2 Å². The van der Waals surface area contributed by atoms with Crippen LogP contribution in [0.15, 0.2) is 0 Å². The smallest absolute Gasteiger partial charge is 0.140 e. The Morgan fingerprint density at radius 2 is 2.53 bits per heavy atom. The molecule has 0 aliphatic carbocycles. The maximum atomic E-state index is 8.87. The molecule has 2 heterocycles. The van der Waals surface area contributed by atoms with Crippen LogP contribution < -0.4 is 5.73 Å². The Bertz CT molecular complexity index is 398. The Morgan fingerprint density at radius 1 is 1.73 bits per heavy atom. The molecule has 80 valence electrons. The summed E-state index contributed by atoms with van der Waals surface area (Å²) in [6, 6.07) is 2.07. The third-order valence-electron chi connectivity index (χ3n) is 2.73. The van der Waals surface area contributed by atoms with Crippen molar-refractivity contribution < 1.29 is 4.74 Å². The highest BCUT2D eigenvalue weighted by molar-refractivity contribution is 5.51. The van der Waals surface area contributed by atoms with E-state index in [4.69, 9.17) is 15.7 Å². The van der Waals surface area contributed by atoms with Gasteiger partial charge in [0.25, 0.3) is 0 Å². The number of rotatable bonds is 2. The number of nitrogens with zero attached hydrogens (tertiary/aromatic N) is 3. The van der Waals surface area contributed by atoms with Crippen LogP contribution in [0.3, 0.4) is 0 Å². The van der Waals surface area contributed by atoms with Gasteiger partial charge in [0.2, 0.25) is 0 Å². The lowest BCUT2D eigenvalue weighted by atomic mass is 10.1. The second-order valence-electron chi connectivity index (χ2n) is 3.87. The fourth-order valence-electron chi connectivity index (χ4n) is 1.85.